The average molecular weight is 262 g/mol. The fourth-order valence-electron chi connectivity index (χ4n) is 1.84. The van der Waals surface area contributed by atoms with E-state index in [2.05, 4.69) is 9.97 Å². The smallest absolute Gasteiger partial charge is 0.293 e. The van der Waals surface area contributed by atoms with Crippen LogP contribution in [-0.4, -0.2) is 31.3 Å². The highest BCUT2D eigenvalue weighted by Gasteiger charge is 2.18. The van der Waals surface area contributed by atoms with Crippen LogP contribution in [0.1, 0.15) is 0 Å². The number of hydrogen-bond donors (Lipinski definition) is 1. The second kappa shape index (κ2) is 5.43. The van der Waals surface area contributed by atoms with Crippen molar-refractivity contribution in [2.75, 3.05) is 21.3 Å². The van der Waals surface area contributed by atoms with Gasteiger partial charge >= 0.3 is 0 Å². The number of nitrogens with one attached hydrogen (secondary N) is 1. The lowest BCUT2D eigenvalue weighted by atomic mass is 10.1. The second-order valence-corrected chi connectivity index (χ2v) is 3.65. The maximum atomic E-state index is 11.7. The molecule has 0 aliphatic rings. The van der Waals surface area contributed by atoms with Crippen LogP contribution in [0.25, 0.3) is 11.3 Å². The Hall–Kier alpha value is -2.50. The third-order valence-electron chi connectivity index (χ3n) is 2.67. The molecule has 0 saturated heterocycles. The first kappa shape index (κ1) is 12.9. The number of aromatic nitrogens is 2. The quantitative estimate of drug-likeness (QED) is 0.903. The predicted molar refractivity (Wildman–Crippen MR) is 69.9 cm³/mol. The fraction of sp³-hybridized carbons (Fsp3) is 0.231. The van der Waals surface area contributed by atoms with Crippen LogP contribution in [0.3, 0.4) is 0 Å². The molecule has 0 saturated carbocycles. The van der Waals surface area contributed by atoms with Crippen LogP contribution in [0.2, 0.25) is 0 Å². The zero-order chi connectivity index (χ0) is 13.8. The molecule has 1 heterocycles. The van der Waals surface area contributed by atoms with Gasteiger partial charge in [-0.2, -0.15) is 0 Å². The molecule has 100 valence electrons. The summed E-state index contributed by atoms with van der Waals surface area (Å²) in [5, 5.41) is 0. The lowest BCUT2D eigenvalue weighted by Crippen LogP contribution is -2.11. The number of rotatable bonds is 4. The van der Waals surface area contributed by atoms with E-state index >= 15 is 0 Å². The van der Waals surface area contributed by atoms with Crippen molar-refractivity contribution < 1.29 is 14.2 Å². The molecule has 0 radical (unpaired) electrons. The first-order valence-electron chi connectivity index (χ1n) is 5.56. The van der Waals surface area contributed by atoms with Crippen LogP contribution in [0.15, 0.2) is 29.3 Å². The van der Waals surface area contributed by atoms with Crippen molar-refractivity contribution in [3.63, 3.8) is 0 Å². The van der Waals surface area contributed by atoms with Crippen molar-refractivity contribution in [1.82, 2.24) is 9.97 Å². The Labute approximate surface area is 110 Å². The third kappa shape index (κ3) is 2.24. The Morgan fingerprint density at radius 1 is 1.05 bits per heavy atom. The maximum absolute atomic E-state index is 11.7. The lowest BCUT2D eigenvalue weighted by Gasteiger charge is -2.13. The molecule has 0 spiro atoms. The monoisotopic (exact) mass is 262 g/mol. The molecule has 19 heavy (non-hydrogen) atoms. The molecule has 0 fully saturated rings. The molecule has 0 bridgehead atoms. The molecule has 6 heteroatoms. The van der Waals surface area contributed by atoms with E-state index in [0.29, 0.717) is 22.8 Å². The summed E-state index contributed by atoms with van der Waals surface area (Å²) in [4.78, 5) is 18.3. The number of ether oxygens (including phenoxy) is 3. The normalized spacial score (nSPS) is 10.1. The number of H-pyrrole nitrogens is 1. The van der Waals surface area contributed by atoms with Gasteiger partial charge in [0.1, 0.15) is 5.69 Å². The van der Waals surface area contributed by atoms with Gasteiger partial charge in [0.15, 0.2) is 11.5 Å². The molecular weight excluding hydrogens is 248 g/mol. The minimum absolute atomic E-state index is 0.133. The molecule has 0 aliphatic heterocycles. The zero-order valence-electron chi connectivity index (χ0n) is 10.9. The highest BCUT2D eigenvalue weighted by atomic mass is 16.5. The number of hydrogen-bond acceptors (Lipinski definition) is 5. The van der Waals surface area contributed by atoms with E-state index in [0.717, 1.165) is 0 Å². The minimum atomic E-state index is -0.350. The van der Waals surface area contributed by atoms with Crippen molar-refractivity contribution in [3.05, 3.63) is 34.9 Å². The van der Waals surface area contributed by atoms with E-state index in [1.54, 1.807) is 25.3 Å². The molecular formula is C13H14N2O4. The summed E-state index contributed by atoms with van der Waals surface area (Å²) in [6.45, 7) is 0. The summed E-state index contributed by atoms with van der Waals surface area (Å²) in [5.41, 5.74) is 0.684. The van der Waals surface area contributed by atoms with Crippen LogP contribution in [0, 0.1) is 0 Å². The average Bonchev–Trinajstić information content (AvgIpc) is 2.45. The third-order valence-corrected chi connectivity index (χ3v) is 2.67. The summed E-state index contributed by atoms with van der Waals surface area (Å²) < 4.78 is 15.7. The van der Waals surface area contributed by atoms with Crippen LogP contribution >= 0.6 is 0 Å². The van der Waals surface area contributed by atoms with Crippen LogP contribution < -0.4 is 19.8 Å². The summed E-state index contributed by atoms with van der Waals surface area (Å²) in [6, 6.07) is 5.34. The maximum Gasteiger partial charge on any atom is 0.293 e. The molecule has 0 amide bonds. The first-order valence-corrected chi connectivity index (χ1v) is 5.56. The number of aromatic amines is 1. The Morgan fingerprint density at radius 2 is 1.79 bits per heavy atom. The highest BCUT2D eigenvalue weighted by Crippen LogP contribution is 2.38. The van der Waals surface area contributed by atoms with Crippen molar-refractivity contribution in [2.45, 2.75) is 0 Å². The van der Waals surface area contributed by atoms with Gasteiger partial charge in [0.05, 0.1) is 33.2 Å². The molecule has 1 aromatic heterocycles. The Kier molecular flexibility index (Phi) is 3.70. The van der Waals surface area contributed by atoms with E-state index < -0.39 is 0 Å². The molecule has 1 N–H and O–H groups in total. The second-order valence-electron chi connectivity index (χ2n) is 3.65. The predicted octanol–water partition coefficient (Wildman–Crippen LogP) is 1.46. The number of nitrogens with zero attached hydrogens (tertiary/aromatic N) is 1. The summed E-state index contributed by atoms with van der Waals surface area (Å²) in [7, 11) is 4.49. The Balaban J connectivity index is 2.72. The van der Waals surface area contributed by atoms with Crippen LogP contribution in [0.4, 0.5) is 0 Å². The van der Waals surface area contributed by atoms with Gasteiger partial charge in [-0.1, -0.05) is 6.07 Å². The summed E-state index contributed by atoms with van der Waals surface area (Å²) in [5.74, 6) is 1.19. The van der Waals surface area contributed by atoms with Gasteiger partial charge in [-0.15, -0.1) is 0 Å². The SMILES string of the molecule is COc1cccc(-c2nc[nH]c(=O)c2OC)c1OC. The minimum Gasteiger partial charge on any atom is -0.493 e. The van der Waals surface area contributed by atoms with Gasteiger partial charge in [0, 0.05) is 0 Å². The molecule has 2 rings (SSSR count). The molecule has 6 nitrogen and oxygen atoms in total. The number of para-hydroxylation sites is 1. The van der Waals surface area contributed by atoms with Crippen LogP contribution in [0.5, 0.6) is 17.2 Å². The summed E-state index contributed by atoms with van der Waals surface area (Å²) >= 11 is 0. The lowest BCUT2D eigenvalue weighted by molar-refractivity contribution is 0.355. The van der Waals surface area contributed by atoms with E-state index in [9.17, 15) is 4.79 Å². The Bertz CT molecular complexity index is 637. The van der Waals surface area contributed by atoms with Gasteiger partial charge in [0.2, 0.25) is 5.75 Å². The largest absolute Gasteiger partial charge is 0.493 e. The van der Waals surface area contributed by atoms with E-state index in [-0.39, 0.29) is 11.3 Å². The van der Waals surface area contributed by atoms with Gasteiger partial charge in [-0.05, 0) is 12.1 Å². The van der Waals surface area contributed by atoms with Gasteiger partial charge < -0.3 is 19.2 Å². The number of methoxy groups -OCH3 is 3. The van der Waals surface area contributed by atoms with Crippen molar-refractivity contribution in [2.24, 2.45) is 0 Å². The van der Waals surface area contributed by atoms with Crippen LogP contribution in [-0.2, 0) is 0 Å². The number of benzene rings is 1. The van der Waals surface area contributed by atoms with Gasteiger partial charge in [-0.25, -0.2) is 4.98 Å². The molecule has 0 atom stereocenters. The molecule has 1 aromatic carbocycles. The van der Waals surface area contributed by atoms with Gasteiger partial charge in [0.25, 0.3) is 5.56 Å². The molecule has 2 aromatic rings. The zero-order valence-corrected chi connectivity index (χ0v) is 10.9. The topological polar surface area (TPSA) is 73.4 Å². The standard InChI is InChI=1S/C13H14N2O4/c1-17-9-6-4-5-8(11(9)18-2)10-12(19-3)13(16)15-7-14-10/h4-7H,1-3H3,(H,14,15,16). The summed E-state index contributed by atoms with van der Waals surface area (Å²) in [6.07, 6.45) is 1.32. The van der Waals surface area contributed by atoms with E-state index in [1.165, 1.54) is 20.5 Å². The molecule has 0 aliphatic carbocycles. The van der Waals surface area contributed by atoms with Crippen molar-refractivity contribution >= 4 is 0 Å². The van der Waals surface area contributed by atoms with E-state index in [4.69, 9.17) is 14.2 Å². The fourth-order valence-corrected chi connectivity index (χ4v) is 1.84. The Morgan fingerprint density at radius 3 is 2.42 bits per heavy atom. The van der Waals surface area contributed by atoms with Crippen molar-refractivity contribution in [3.8, 4) is 28.5 Å². The molecule has 0 unspecified atom stereocenters. The van der Waals surface area contributed by atoms with Gasteiger partial charge in [-0.3, -0.25) is 4.79 Å². The van der Waals surface area contributed by atoms with Crippen molar-refractivity contribution in [1.29, 1.82) is 0 Å². The first-order chi connectivity index (χ1) is 9.22. The van der Waals surface area contributed by atoms with E-state index in [1.807, 2.05) is 0 Å². The highest BCUT2D eigenvalue weighted by molar-refractivity contribution is 5.74.